The zero-order valence-electron chi connectivity index (χ0n) is 12.3. The average molecular weight is 322 g/mol. The number of fused-ring (bicyclic) bond motifs is 1. The second-order valence-electron chi connectivity index (χ2n) is 5.11. The number of aromatic nitrogens is 5. The van der Waals surface area contributed by atoms with Crippen molar-refractivity contribution < 1.29 is 0 Å². The minimum atomic E-state index is 0.405. The fourth-order valence-corrected chi connectivity index (χ4v) is 2.62. The lowest BCUT2D eigenvalue weighted by Gasteiger charge is -2.04. The Morgan fingerprint density at radius 1 is 1.00 bits per heavy atom. The van der Waals surface area contributed by atoms with Gasteiger partial charge in [0.05, 0.1) is 17.1 Å². The largest absolute Gasteiger partial charge is 0.299 e. The third-order valence-corrected chi connectivity index (χ3v) is 3.98. The quantitative estimate of drug-likeness (QED) is 0.563. The van der Waals surface area contributed by atoms with Crippen molar-refractivity contribution in [2.24, 2.45) is 0 Å². The molecule has 23 heavy (non-hydrogen) atoms. The number of nitrogens with zero attached hydrogens (tertiary/aromatic N) is 5. The van der Waals surface area contributed by atoms with Crippen molar-refractivity contribution in [3.05, 3.63) is 66.0 Å². The Hall–Kier alpha value is -2.79. The maximum Gasteiger partial charge on any atom is 0.164 e. The molecule has 0 unspecified atom stereocenters. The first-order chi connectivity index (χ1) is 11.2. The van der Waals surface area contributed by atoms with Crippen LogP contribution in [-0.2, 0) is 0 Å². The zero-order chi connectivity index (χ0) is 15.8. The molecule has 0 fully saturated rings. The topological polar surface area (TPSA) is 56.5 Å². The van der Waals surface area contributed by atoms with Gasteiger partial charge in [-0.1, -0.05) is 17.7 Å². The summed E-state index contributed by atoms with van der Waals surface area (Å²) in [6, 6.07) is 9.62. The van der Waals surface area contributed by atoms with E-state index in [2.05, 4.69) is 19.9 Å². The Morgan fingerprint density at radius 3 is 2.57 bits per heavy atom. The predicted molar refractivity (Wildman–Crippen MR) is 89.6 cm³/mol. The molecule has 0 aromatic carbocycles. The van der Waals surface area contributed by atoms with Gasteiger partial charge >= 0.3 is 0 Å². The van der Waals surface area contributed by atoms with Crippen molar-refractivity contribution in [2.75, 3.05) is 0 Å². The summed E-state index contributed by atoms with van der Waals surface area (Å²) in [7, 11) is 0. The van der Waals surface area contributed by atoms with Gasteiger partial charge in [0.1, 0.15) is 5.52 Å². The molecule has 0 atom stereocenters. The Kier molecular flexibility index (Phi) is 3.28. The molecule has 0 saturated heterocycles. The summed E-state index contributed by atoms with van der Waals surface area (Å²) in [5.74, 6) is 0. The lowest BCUT2D eigenvalue weighted by molar-refractivity contribution is 1.06. The van der Waals surface area contributed by atoms with E-state index in [1.807, 2.05) is 48.0 Å². The molecule has 5 nitrogen and oxygen atoms in total. The second-order valence-corrected chi connectivity index (χ2v) is 5.46. The zero-order valence-corrected chi connectivity index (χ0v) is 13.1. The van der Waals surface area contributed by atoms with Gasteiger partial charge in [-0.05, 0) is 31.2 Å². The molecule has 0 aliphatic carbocycles. The van der Waals surface area contributed by atoms with E-state index in [0.29, 0.717) is 10.8 Å². The molecule has 0 radical (unpaired) electrons. The highest BCUT2D eigenvalue weighted by Crippen LogP contribution is 2.30. The first-order valence-corrected chi connectivity index (χ1v) is 7.49. The maximum absolute atomic E-state index is 6.19. The molecule has 0 N–H and O–H groups in total. The minimum Gasteiger partial charge on any atom is -0.299 e. The van der Waals surface area contributed by atoms with Crippen LogP contribution in [0, 0.1) is 6.92 Å². The standard InChI is InChI=1S/C17H12ClN5/c1-11-16(18)22-15-13(14-4-2-3-7-20-14)10-23(17(15)21-11)12-5-8-19-9-6-12/h2-10H,1H3. The molecule has 4 aromatic heterocycles. The monoisotopic (exact) mass is 321 g/mol. The minimum absolute atomic E-state index is 0.405. The Morgan fingerprint density at radius 2 is 1.83 bits per heavy atom. The van der Waals surface area contributed by atoms with Gasteiger partial charge in [0.2, 0.25) is 0 Å². The highest BCUT2D eigenvalue weighted by atomic mass is 35.5. The number of pyridine rings is 2. The summed E-state index contributed by atoms with van der Waals surface area (Å²) in [5.41, 5.74) is 4.87. The van der Waals surface area contributed by atoms with E-state index in [1.54, 1.807) is 18.6 Å². The molecule has 0 spiro atoms. The summed E-state index contributed by atoms with van der Waals surface area (Å²) >= 11 is 6.19. The third kappa shape index (κ3) is 2.35. The van der Waals surface area contributed by atoms with Gasteiger partial charge in [-0.15, -0.1) is 0 Å². The third-order valence-electron chi connectivity index (χ3n) is 3.62. The maximum atomic E-state index is 6.19. The Bertz CT molecular complexity index is 901. The van der Waals surface area contributed by atoms with Crippen molar-refractivity contribution in [2.45, 2.75) is 6.92 Å². The van der Waals surface area contributed by atoms with Gasteiger partial charge in [-0.2, -0.15) is 0 Å². The fraction of sp³-hybridized carbons (Fsp3) is 0.0588. The highest BCUT2D eigenvalue weighted by Gasteiger charge is 2.16. The molecule has 4 aromatic rings. The van der Waals surface area contributed by atoms with E-state index in [-0.39, 0.29) is 0 Å². The molecular weight excluding hydrogens is 310 g/mol. The molecule has 0 aliphatic rings. The lowest BCUT2D eigenvalue weighted by Crippen LogP contribution is -1.96. The van der Waals surface area contributed by atoms with Gasteiger partial charge < -0.3 is 0 Å². The Balaban J connectivity index is 2.07. The van der Waals surface area contributed by atoms with Crippen LogP contribution in [0.25, 0.3) is 28.1 Å². The number of hydrogen-bond donors (Lipinski definition) is 0. The first kappa shape index (κ1) is 13.8. The van der Waals surface area contributed by atoms with Crippen molar-refractivity contribution in [1.29, 1.82) is 0 Å². The number of hydrogen-bond acceptors (Lipinski definition) is 4. The van der Waals surface area contributed by atoms with Gasteiger partial charge in [-0.25, -0.2) is 9.97 Å². The van der Waals surface area contributed by atoms with E-state index >= 15 is 0 Å². The van der Waals surface area contributed by atoms with Crippen LogP contribution >= 0.6 is 11.6 Å². The van der Waals surface area contributed by atoms with Crippen LogP contribution in [0.1, 0.15) is 5.69 Å². The van der Waals surface area contributed by atoms with E-state index < -0.39 is 0 Å². The van der Waals surface area contributed by atoms with Crippen LogP contribution in [0.15, 0.2) is 55.1 Å². The molecule has 4 rings (SSSR count). The van der Waals surface area contributed by atoms with Gasteiger partial charge in [0, 0.05) is 30.4 Å². The number of rotatable bonds is 2. The van der Waals surface area contributed by atoms with Crippen LogP contribution < -0.4 is 0 Å². The van der Waals surface area contributed by atoms with E-state index in [9.17, 15) is 0 Å². The van der Waals surface area contributed by atoms with Crippen molar-refractivity contribution in [3.63, 3.8) is 0 Å². The lowest BCUT2D eigenvalue weighted by atomic mass is 10.2. The van der Waals surface area contributed by atoms with Crippen LogP contribution in [0.3, 0.4) is 0 Å². The summed E-state index contributed by atoms with van der Waals surface area (Å²) in [5, 5.41) is 0.405. The van der Waals surface area contributed by atoms with Crippen LogP contribution in [0.4, 0.5) is 0 Å². The molecule has 0 aliphatic heterocycles. The second kappa shape index (κ2) is 5.44. The normalized spacial score (nSPS) is 11.0. The molecule has 112 valence electrons. The van der Waals surface area contributed by atoms with E-state index in [0.717, 1.165) is 28.1 Å². The molecule has 4 heterocycles. The van der Waals surface area contributed by atoms with Crippen molar-refractivity contribution in [3.8, 4) is 16.9 Å². The molecular formula is C17H12ClN5. The van der Waals surface area contributed by atoms with Crippen LogP contribution in [0.2, 0.25) is 5.15 Å². The molecule has 0 saturated carbocycles. The van der Waals surface area contributed by atoms with Crippen LogP contribution in [0.5, 0.6) is 0 Å². The van der Waals surface area contributed by atoms with Crippen molar-refractivity contribution in [1.82, 2.24) is 24.5 Å². The SMILES string of the molecule is Cc1nc2c(nc1Cl)c(-c1ccccn1)cn2-c1ccncc1. The summed E-state index contributed by atoms with van der Waals surface area (Å²) in [6.45, 7) is 1.85. The molecule has 6 heteroatoms. The first-order valence-electron chi connectivity index (χ1n) is 7.11. The number of halogens is 1. The summed E-state index contributed by atoms with van der Waals surface area (Å²) in [4.78, 5) is 17.6. The van der Waals surface area contributed by atoms with Gasteiger partial charge in [-0.3, -0.25) is 14.5 Å². The average Bonchev–Trinajstić information content (AvgIpc) is 2.95. The molecule has 0 amide bonds. The van der Waals surface area contributed by atoms with Gasteiger partial charge in [0.25, 0.3) is 0 Å². The molecule has 0 bridgehead atoms. The van der Waals surface area contributed by atoms with E-state index in [4.69, 9.17) is 11.6 Å². The van der Waals surface area contributed by atoms with E-state index in [1.165, 1.54) is 0 Å². The predicted octanol–water partition coefficient (Wildman–Crippen LogP) is 3.84. The number of aryl methyl sites for hydroxylation is 1. The summed E-state index contributed by atoms with van der Waals surface area (Å²) < 4.78 is 1.98. The smallest absolute Gasteiger partial charge is 0.164 e. The van der Waals surface area contributed by atoms with Crippen LogP contribution in [-0.4, -0.2) is 24.5 Å². The van der Waals surface area contributed by atoms with Gasteiger partial charge in [0.15, 0.2) is 10.8 Å². The highest BCUT2D eigenvalue weighted by molar-refractivity contribution is 6.30. The Labute approximate surface area is 137 Å². The van der Waals surface area contributed by atoms with Crippen molar-refractivity contribution >= 4 is 22.8 Å². The fourth-order valence-electron chi connectivity index (χ4n) is 2.50. The summed E-state index contributed by atoms with van der Waals surface area (Å²) in [6.07, 6.45) is 7.24.